The van der Waals surface area contributed by atoms with E-state index in [9.17, 15) is 9.59 Å². The van der Waals surface area contributed by atoms with Gasteiger partial charge in [0.25, 0.3) is 11.1 Å². The first-order chi connectivity index (χ1) is 17.2. The van der Waals surface area contributed by atoms with E-state index in [0.29, 0.717) is 53.3 Å². The van der Waals surface area contributed by atoms with E-state index in [1.807, 2.05) is 53.4 Å². The van der Waals surface area contributed by atoms with Gasteiger partial charge in [-0.15, -0.1) is 0 Å². The van der Waals surface area contributed by atoms with E-state index in [0.717, 1.165) is 0 Å². The molecule has 0 N–H and O–H groups in total. The second-order valence-electron chi connectivity index (χ2n) is 8.02. The molecule has 1 fully saturated rings. The summed E-state index contributed by atoms with van der Waals surface area (Å²) in [4.78, 5) is 40.3. The molecule has 1 saturated heterocycles. The van der Waals surface area contributed by atoms with E-state index in [1.54, 1.807) is 16.7 Å². The van der Waals surface area contributed by atoms with Crippen molar-refractivity contribution in [1.82, 2.24) is 19.1 Å². The summed E-state index contributed by atoms with van der Waals surface area (Å²) in [5, 5.41) is 0.501. The molecule has 0 unspecified atom stereocenters. The average Bonchev–Trinajstić information content (AvgIpc) is 3.29. The molecule has 0 spiro atoms. The highest BCUT2D eigenvalue weighted by Crippen LogP contribution is 2.31. The maximum Gasteiger partial charge on any atom is 0.305 e. The van der Waals surface area contributed by atoms with Gasteiger partial charge in [0.05, 0.1) is 42.5 Å². The summed E-state index contributed by atoms with van der Waals surface area (Å²) in [7, 11) is 1.47. The molecular formula is C25H21N5O4S. The Kier molecular flexibility index (Phi) is 5.31. The minimum absolute atomic E-state index is 0.150. The molecule has 0 amide bonds. The Morgan fingerprint density at radius 1 is 0.800 bits per heavy atom. The molecule has 2 aromatic carbocycles. The van der Waals surface area contributed by atoms with Gasteiger partial charge in [-0.05, 0) is 24.3 Å². The van der Waals surface area contributed by atoms with Gasteiger partial charge in [0.2, 0.25) is 5.95 Å². The molecule has 10 heteroatoms. The highest BCUT2D eigenvalue weighted by molar-refractivity contribution is 7.25. The summed E-state index contributed by atoms with van der Waals surface area (Å²) in [6.45, 7) is 2.33. The Labute approximate surface area is 203 Å². The van der Waals surface area contributed by atoms with Crippen LogP contribution >= 0.6 is 11.3 Å². The summed E-state index contributed by atoms with van der Waals surface area (Å²) < 4.78 is 13.9. The molecule has 0 radical (unpaired) electrons. The molecule has 0 atom stereocenters. The van der Waals surface area contributed by atoms with Crippen molar-refractivity contribution in [2.45, 2.75) is 0 Å². The molecule has 0 bridgehead atoms. The van der Waals surface area contributed by atoms with Crippen molar-refractivity contribution in [3.05, 3.63) is 81.4 Å². The van der Waals surface area contributed by atoms with Crippen LogP contribution in [0.3, 0.4) is 0 Å². The van der Waals surface area contributed by atoms with E-state index < -0.39 is 0 Å². The lowest BCUT2D eigenvalue weighted by Crippen LogP contribution is -2.40. The van der Waals surface area contributed by atoms with Gasteiger partial charge in [-0.2, -0.15) is 4.98 Å². The van der Waals surface area contributed by atoms with E-state index in [4.69, 9.17) is 14.5 Å². The fraction of sp³-hybridized carbons (Fsp3) is 0.200. The number of anilines is 1. The molecule has 35 heavy (non-hydrogen) atoms. The van der Waals surface area contributed by atoms with Crippen LogP contribution < -0.4 is 20.8 Å². The third-order valence-corrected chi connectivity index (χ3v) is 6.98. The smallest absolute Gasteiger partial charge is 0.305 e. The number of methoxy groups -OCH3 is 1. The number of rotatable bonds is 4. The SMILES string of the molecule is COc1nc2sc3nc(N4CCOCC4)n(-c4ccccc4)c(=O)c3c2c(=O)n1-c1ccccc1. The van der Waals surface area contributed by atoms with E-state index in [2.05, 4.69) is 4.98 Å². The first kappa shape index (κ1) is 21.5. The van der Waals surface area contributed by atoms with E-state index in [1.165, 1.54) is 23.0 Å². The maximum absolute atomic E-state index is 14.1. The standard InChI is InChI=1S/C25H21N5O4S/c1-33-25-27-21-19(23(32)30(25)17-10-6-3-7-11-17)18-20(35-21)26-24(28-12-14-34-15-13-28)29(22(18)31)16-8-4-2-5-9-16/h2-11H,12-15H2,1H3. The summed E-state index contributed by atoms with van der Waals surface area (Å²) in [5.74, 6) is 0.527. The minimum atomic E-state index is -0.373. The first-order valence-electron chi connectivity index (χ1n) is 11.2. The van der Waals surface area contributed by atoms with Crippen LogP contribution in [-0.2, 0) is 4.74 Å². The molecule has 1 aliphatic rings. The van der Waals surface area contributed by atoms with Gasteiger partial charge < -0.3 is 14.4 Å². The van der Waals surface area contributed by atoms with Crippen LogP contribution in [0.4, 0.5) is 5.95 Å². The number of benzene rings is 2. The monoisotopic (exact) mass is 487 g/mol. The Hall–Kier alpha value is -4.02. The molecule has 3 aromatic heterocycles. The lowest BCUT2D eigenvalue weighted by molar-refractivity contribution is 0.122. The van der Waals surface area contributed by atoms with Crippen LogP contribution in [0.25, 0.3) is 31.8 Å². The summed E-state index contributed by atoms with van der Waals surface area (Å²) in [6, 6.07) is 18.6. The van der Waals surface area contributed by atoms with E-state index >= 15 is 0 Å². The highest BCUT2D eigenvalue weighted by Gasteiger charge is 2.26. The van der Waals surface area contributed by atoms with Crippen molar-refractivity contribution in [2.75, 3.05) is 38.3 Å². The molecule has 9 nitrogen and oxygen atoms in total. The van der Waals surface area contributed by atoms with Crippen LogP contribution in [0.2, 0.25) is 0 Å². The largest absolute Gasteiger partial charge is 0.468 e. The predicted molar refractivity (Wildman–Crippen MR) is 136 cm³/mol. The molecule has 176 valence electrons. The number of hydrogen-bond acceptors (Lipinski definition) is 8. The van der Waals surface area contributed by atoms with Crippen molar-refractivity contribution in [3.8, 4) is 17.4 Å². The molecular weight excluding hydrogens is 466 g/mol. The van der Waals surface area contributed by atoms with Gasteiger partial charge in [0, 0.05) is 13.1 Å². The van der Waals surface area contributed by atoms with Gasteiger partial charge in [-0.25, -0.2) is 14.1 Å². The Morgan fingerprint density at radius 3 is 1.94 bits per heavy atom. The third kappa shape index (κ3) is 3.49. The number of hydrogen-bond donors (Lipinski definition) is 0. The number of fused-ring (bicyclic) bond motifs is 3. The lowest BCUT2D eigenvalue weighted by atomic mass is 10.2. The first-order valence-corrected chi connectivity index (χ1v) is 12.0. The minimum Gasteiger partial charge on any atom is -0.468 e. The quantitative estimate of drug-likeness (QED) is 0.385. The predicted octanol–water partition coefficient (Wildman–Crippen LogP) is 2.99. The fourth-order valence-electron chi connectivity index (χ4n) is 4.37. The summed E-state index contributed by atoms with van der Waals surface area (Å²) >= 11 is 1.22. The van der Waals surface area contributed by atoms with Crippen LogP contribution in [0, 0.1) is 0 Å². The molecule has 6 rings (SSSR count). The van der Waals surface area contributed by atoms with Gasteiger partial charge in [0.1, 0.15) is 9.66 Å². The van der Waals surface area contributed by atoms with Crippen LogP contribution in [0.15, 0.2) is 70.3 Å². The Balaban J connectivity index is 1.72. The number of para-hydroxylation sites is 2. The highest BCUT2D eigenvalue weighted by atomic mass is 32.1. The van der Waals surface area contributed by atoms with Crippen LogP contribution in [0.5, 0.6) is 6.01 Å². The second-order valence-corrected chi connectivity index (χ2v) is 9.00. The van der Waals surface area contributed by atoms with Crippen molar-refractivity contribution in [1.29, 1.82) is 0 Å². The number of nitrogens with zero attached hydrogens (tertiary/aromatic N) is 5. The van der Waals surface area contributed by atoms with Gasteiger partial charge >= 0.3 is 6.01 Å². The zero-order valence-corrected chi connectivity index (χ0v) is 19.7. The molecule has 0 saturated carbocycles. The molecule has 4 heterocycles. The van der Waals surface area contributed by atoms with Crippen LogP contribution in [-0.4, -0.2) is 52.5 Å². The number of thiophene rings is 1. The lowest BCUT2D eigenvalue weighted by Gasteiger charge is -2.29. The summed E-state index contributed by atoms with van der Waals surface area (Å²) in [5.41, 5.74) is 0.599. The summed E-state index contributed by atoms with van der Waals surface area (Å²) in [6.07, 6.45) is 0. The Bertz CT molecular complexity index is 1650. The van der Waals surface area contributed by atoms with Crippen molar-refractivity contribution in [3.63, 3.8) is 0 Å². The van der Waals surface area contributed by atoms with Crippen molar-refractivity contribution < 1.29 is 9.47 Å². The fourth-order valence-corrected chi connectivity index (χ4v) is 5.38. The van der Waals surface area contributed by atoms with Crippen LogP contribution in [0.1, 0.15) is 0 Å². The number of aromatic nitrogens is 4. The number of ether oxygens (including phenoxy) is 2. The maximum atomic E-state index is 14.1. The van der Waals surface area contributed by atoms with Crippen molar-refractivity contribution in [2.24, 2.45) is 0 Å². The van der Waals surface area contributed by atoms with Gasteiger partial charge in [-0.3, -0.25) is 9.59 Å². The zero-order chi connectivity index (χ0) is 23.9. The molecule has 0 aliphatic carbocycles. The molecule has 1 aliphatic heterocycles. The average molecular weight is 488 g/mol. The van der Waals surface area contributed by atoms with Gasteiger partial charge in [0.15, 0.2) is 0 Å². The third-order valence-electron chi connectivity index (χ3n) is 6.00. The Morgan fingerprint density at radius 2 is 1.34 bits per heavy atom. The van der Waals surface area contributed by atoms with Crippen molar-refractivity contribution >= 4 is 37.7 Å². The molecule has 5 aromatic rings. The van der Waals surface area contributed by atoms with E-state index in [-0.39, 0.29) is 27.9 Å². The van der Waals surface area contributed by atoms with Gasteiger partial charge in [-0.1, -0.05) is 47.7 Å². The second kappa shape index (κ2) is 8.64. The number of morpholine rings is 1. The normalized spacial score (nSPS) is 14.0. The zero-order valence-electron chi connectivity index (χ0n) is 18.9. The topological polar surface area (TPSA) is 91.5 Å².